The van der Waals surface area contributed by atoms with Crippen LogP contribution in [0.25, 0.3) is 4.85 Å². The van der Waals surface area contributed by atoms with Crippen molar-refractivity contribution in [1.82, 2.24) is 4.98 Å². The molecule has 1 aliphatic heterocycles. The summed E-state index contributed by atoms with van der Waals surface area (Å²) in [5.41, 5.74) is 3.33. The molecule has 3 rings (SSSR count). The summed E-state index contributed by atoms with van der Waals surface area (Å²) in [6.45, 7) is 9.80. The van der Waals surface area contributed by atoms with Crippen molar-refractivity contribution >= 4 is 17.9 Å². The molecule has 0 N–H and O–H groups in total. The first-order valence-electron chi connectivity index (χ1n) is 6.40. The van der Waals surface area contributed by atoms with E-state index in [1.165, 1.54) is 23.5 Å². The van der Waals surface area contributed by atoms with Gasteiger partial charge in [0.05, 0.1) is 6.57 Å². The first-order chi connectivity index (χ1) is 9.26. The third-order valence-electron chi connectivity index (χ3n) is 3.56. The van der Waals surface area contributed by atoms with E-state index < -0.39 is 0 Å². The maximum absolute atomic E-state index is 6.88. The van der Waals surface area contributed by atoms with Crippen LogP contribution in [0.4, 0.5) is 5.69 Å². The van der Waals surface area contributed by atoms with Gasteiger partial charge in [-0.1, -0.05) is 30.2 Å². The fourth-order valence-corrected chi connectivity index (χ4v) is 2.49. The molecule has 1 aromatic heterocycles. The Morgan fingerprint density at radius 1 is 1.32 bits per heavy atom. The smallest absolute Gasteiger partial charge is 0.216 e. The highest BCUT2D eigenvalue weighted by Crippen LogP contribution is 2.24. The monoisotopic (exact) mass is 248 g/mol. The maximum Gasteiger partial charge on any atom is 0.216 e. The summed E-state index contributed by atoms with van der Waals surface area (Å²) in [6.07, 6.45) is 3.87. The largest absolute Gasteiger partial charge is 0.439 e. The third-order valence-corrected chi connectivity index (χ3v) is 3.56. The highest BCUT2D eigenvalue weighted by atomic mass is 16.5. The minimum Gasteiger partial charge on any atom is -0.439 e. The summed E-state index contributed by atoms with van der Waals surface area (Å²) in [5.74, 6) is 1.34. The lowest BCUT2D eigenvalue weighted by Crippen LogP contribution is -2.21. The Morgan fingerprint density at radius 3 is 2.95 bits per heavy atom. The fraction of sp³-hybridized carbons (Fsp3) is 0.200. The Hall–Kier alpha value is -2.28. The van der Waals surface area contributed by atoms with E-state index in [0.717, 1.165) is 12.2 Å². The Balaban J connectivity index is 1.82. The summed E-state index contributed by atoms with van der Waals surface area (Å²) in [6, 6.07) is 9.68. The van der Waals surface area contributed by atoms with E-state index in [-0.39, 0.29) is 0 Å². The topological polar surface area (TPSA) is 26.5 Å². The van der Waals surface area contributed by atoms with Gasteiger partial charge in [-0.3, -0.25) is 0 Å². The first-order valence-corrected chi connectivity index (χ1v) is 6.40. The van der Waals surface area contributed by atoms with Gasteiger partial charge in [-0.05, 0) is 30.7 Å². The number of fused-ring (bicyclic) bond motifs is 1. The molecule has 19 heavy (non-hydrogen) atoms. The summed E-state index contributed by atoms with van der Waals surface area (Å²) < 4.78 is 5.72. The highest BCUT2D eigenvalue weighted by molar-refractivity contribution is 6.73. The molecule has 92 valence electrons. The lowest BCUT2D eigenvalue weighted by Gasteiger charge is -2.07. The molecule has 0 aliphatic carbocycles. The number of aryl methyl sites for hydroxylation is 1. The van der Waals surface area contributed by atoms with Crippen molar-refractivity contribution in [2.24, 2.45) is 0 Å². The second-order valence-electron chi connectivity index (χ2n) is 4.87. The predicted molar refractivity (Wildman–Crippen MR) is 76.8 cm³/mol. The van der Waals surface area contributed by atoms with Gasteiger partial charge >= 0.3 is 0 Å². The van der Waals surface area contributed by atoms with Gasteiger partial charge in [-0.2, -0.15) is 0 Å². The van der Waals surface area contributed by atoms with Crippen LogP contribution in [0.3, 0.4) is 0 Å². The van der Waals surface area contributed by atoms with E-state index in [1.54, 1.807) is 12.1 Å². The van der Waals surface area contributed by atoms with Gasteiger partial charge in [-0.25, -0.2) is 9.83 Å². The van der Waals surface area contributed by atoms with Gasteiger partial charge < -0.3 is 4.74 Å². The molecule has 0 bridgehead atoms. The van der Waals surface area contributed by atoms with Gasteiger partial charge in [-0.15, -0.1) is 0 Å². The van der Waals surface area contributed by atoms with E-state index in [9.17, 15) is 0 Å². The molecule has 2 aromatic rings. The lowest BCUT2D eigenvalue weighted by atomic mass is 9.48. The molecule has 3 nitrogen and oxygen atoms in total. The van der Waals surface area contributed by atoms with Crippen molar-refractivity contribution < 1.29 is 4.74 Å². The van der Waals surface area contributed by atoms with Gasteiger partial charge in [0.1, 0.15) is 5.75 Å². The number of hydrogen-bond donors (Lipinski definition) is 0. The second kappa shape index (κ2) is 4.77. The molecule has 0 atom stereocenters. The molecule has 1 aromatic carbocycles. The van der Waals surface area contributed by atoms with Crippen molar-refractivity contribution in [3.63, 3.8) is 0 Å². The van der Waals surface area contributed by atoms with E-state index in [4.69, 9.17) is 11.3 Å². The number of nitrogens with zero attached hydrogens (tertiary/aromatic N) is 2. The Morgan fingerprint density at radius 2 is 2.21 bits per heavy atom. The molecule has 0 spiro atoms. The van der Waals surface area contributed by atoms with Crippen LogP contribution in [0.15, 0.2) is 36.5 Å². The number of ether oxygens (including phenoxy) is 1. The van der Waals surface area contributed by atoms with Crippen molar-refractivity contribution in [2.45, 2.75) is 19.6 Å². The average Bonchev–Trinajstić information content (AvgIpc) is 2.81. The highest BCUT2D eigenvalue weighted by Gasteiger charge is 2.21. The number of pyridine rings is 1. The zero-order valence-corrected chi connectivity index (χ0v) is 10.8. The summed E-state index contributed by atoms with van der Waals surface area (Å²) in [5, 5.41) is 0. The minimum atomic E-state index is 0.523. The summed E-state index contributed by atoms with van der Waals surface area (Å²) in [7, 11) is 0. The zero-order chi connectivity index (χ0) is 13.2. The van der Waals surface area contributed by atoms with Crippen LogP contribution in [-0.4, -0.2) is 11.7 Å². The predicted octanol–water partition coefficient (Wildman–Crippen LogP) is 3.31. The van der Waals surface area contributed by atoms with Gasteiger partial charge in [0.15, 0.2) is 6.71 Å². The summed E-state index contributed by atoms with van der Waals surface area (Å²) in [4.78, 5) is 7.42. The maximum atomic E-state index is 6.88. The number of hydrogen-bond acceptors (Lipinski definition) is 2. The van der Waals surface area contributed by atoms with E-state index >= 15 is 0 Å². The van der Waals surface area contributed by atoms with Crippen LogP contribution in [0.1, 0.15) is 5.56 Å². The van der Waals surface area contributed by atoms with Gasteiger partial charge in [0.25, 0.3) is 0 Å². The quantitative estimate of drug-likeness (QED) is 0.602. The molecular formula is C15H13BN2O. The van der Waals surface area contributed by atoms with E-state index in [0.29, 0.717) is 18.3 Å². The van der Waals surface area contributed by atoms with E-state index in [1.807, 2.05) is 6.07 Å². The summed E-state index contributed by atoms with van der Waals surface area (Å²) >= 11 is 0. The lowest BCUT2D eigenvalue weighted by molar-refractivity contribution is 0.463. The van der Waals surface area contributed by atoms with Crippen molar-refractivity contribution in [1.29, 1.82) is 0 Å². The molecule has 0 unspecified atom stereocenters. The van der Waals surface area contributed by atoms with Crippen LogP contribution in [0.2, 0.25) is 13.1 Å². The first kappa shape index (κ1) is 11.8. The standard InChI is InChI=1S/C15H13BN2O/c1-16-8-7-11-9-13(4-5-14(11)16)19-15-6-3-12(17-2)10-18-15/h3-6,9-10H,7-8H2,1H3. The minimum absolute atomic E-state index is 0.523. The van der Waals surface area contributed by atoms with Crippen LogP contribution < -0.4 is 10.2 Å². The molecule has 1 aliphatic rings. The number of benzene rings is 1. The molecule has 0 radical (unpaired) electrons. The molecule has 0 saturated carbocycles. The molecule has 2 heterocycles. The SMILES string of the molecule is [C-]#[N+]c1ccc(Oc2ccc3c(c2)CCB3C)nc1. The Bertz CT molecular complexity index is 646. The van der Waals surface area contributed by atoms with Gasteiger partial charge in [0.2, 0.25) is 11.6 Å². The van der Waals surface area contributed by atoms with Crippen molar-refractivity contribution in [3.05, 3.63) is 53.5 Å². The average molecular weight is 248 g/mol. The fourth-order valence-electron chi connectivity index (χ4n) is 2.49. The van der Waals surface area contributed by atoms with Crippen LogP contribution >= 0.6 is 0 Å². The van der Waals surface area contributed by atoms with Gasteiger partial charge in [0, 0.05) is 6.20 Å². The Labute approximate surface area is 113 Å². The number of rotatable bonds is 2. The molecule has 0 saturated heterocycles. The molecule has 0 amide bonds. The normalized spacial score (nSPS) is 12.9. The van der Waals surface area contributed by atoms with Crippen LogP contribution in [-0.2, 0) is 6.42 Å². The molecule has 4 heteroatoms. The third kappa shape index (κ3) is 2.32. The van der Waals surface area contributed by atoms with Crippen molar-refractivity contribution in [2.75, 3.05) is 0 Å². The number of aromatic nitrogens is 1. The second-order valence-corrected chi connectivity index (χ2v) is 4.87. The van der Waals surface area contributed by atoms with E-state index in [2.05, 4.69) is 28.8 Å². The van der Waals surface area contributed by atoms with Crippen LogP contribution in [0.5, 0.6) is 11.6 Å². The van der Waals surface area contributed by atoms with Crippen LogP contribution in [0, 0.1) is 6.57 Å². The van der Waals surface area contributed by atoms with Crippen molar-refractivity contribution in [3.8, 4) is 11.6 Å². The molecular weight excluding hydrogens is 235 g/mol. The molecule has 0 fully saturated rings. The Kier molecular flexibility index (Phi) is 2.96. The zero-order valence-electron chi connectivity index (χ0n) is 10.8.